The molecule has 0 unspecified atom stereocenters. The first kappa shape index (κ1) is 13.5. The Morgan fingerprint density at radius 2 is 1.96 bits per heavy atom. The molecular formula is C15H9N9O. The monoisotopic (exact) mass is 331 g/mol. The fourth-order valence-electron chi connectivity index (χ4n) is 2.43. The minimum Gasteiger partial charge on any atom is -0.332 e. The number of nitrogens with zero attached hydrogens (tertiary/aromatic N) is 9. The predicted molar refractivity (Wildman–Crippen MR) is 84.4 cm³/mol. The summed E-state index contributed by atoms with van der Waals surface area (Å²) in [4.78, 5) is 17.0. The van der Waals surface area contributed by atoms with Gasteiger partial charge < -0.3 is 4.52 Å². The SMILES string of the molecule is c1cc(-c2nc(-c3ccnc4ccnn34)no2)nc(-n2cncn2)c1. The average molecular weight is 331 g/mol. The van der Waals surface area contributed by atoms with E-state index in [0.29, 0.717) is 34.6 Å². The zero-order chi connectivity index (χ0) is 16.6. The second-order valence-electron chi connectivity index (χ2n) is 5.08. The highest BCUT2D eigenvalue weighted by Gasteiger charge is 2.15. The Morgan fingerprint density at radius 1 is 0.960 bits per heavy atom. The maximum absolute atomic E-state index is 5.37. The van der Waals surface area contributed by atoms with Crippen LogP contribution in [0.2, 0.25) is 0 Å². The van der Waals surface area contributed by atoms with E-state index in [4.69, 9.17) is 4.52 Å². The van der Waals surface area contributed by atoms with E-state index in [1.807, 2.05) is 12.1 Å². The maximum Gasteiger partial charge on any atom is 0.276 e. The molecule has 0 aromatic carbocycles. The number of rotatable bonds is 3. The fraction of sp³-hybridized carbons (Fsp3) is 0. The summed E-state index contributed by atoms with van der Waals surface area (Å²) in [6, 6.07) is 9.00. The molecule has 0 saturated heterocycles. The number of hydrogen-bond donors (Lipinski definition) is 0. The van der Waals surface area contributed by atoms with Crippen molar-refractivity contribution in [2.45, 2.75) is 0 Å². The van der Waals surface area contributed by atoms with Gasteiger partial charge in [0.05, 0.1) is 6.20 Å². The molecule has 0 aliphatic heterocycles. The standard InChI is InChI=1S/C15H9N9O/c1-2-10(20-13(3-1)23-9-16-8-19-23)15-21-14(22-25-15)11-4-6-17-12-5-7-18-24(11)12/h1-9H. The summed E-state index contributed by atoms with van der Waals surface area (Å²) < 4.78 is 8.57. The molecule has 25 heavy (non-hydrogen) atoms. The highest BCUT2D eigenvalue weighted by atomic mass is 16.5. The van der Waals surface area contributed by atoms with Gasteiger partial charge in [-0.05, 0) is 18.2 Å². The van der Waals surface area contributed by atoms with Crippen molar-refractivity contribution in [3.05, 3.63) is 55.4 Å². The van der Waals surface area contributed by atoms with Crippen molar-refractivity contribution in [3.63, 3.8) is 0 Å². The molecule has 0 aliphatic rings. The zero-order valence-electron chi connectivity index (χ0n) is 12.6. The summed E-state index contributed by atoms with van der Waals surface area (Å²) in [6.07, 6.45) is 6.34. The molecular weight excluding hydrogens is 322 g/mol. The summed E-state index contributed by atoms with van der Waals surface area (Å²) in [6.45, 7) is 0. The van der Waals surface area contributed by atoms with E-state index >= 15 is 0 Å². The van der Waals surface area contributed by atoms with E-state index in [1.54, 1.807) is 46.1 Å². The van der Waals surface area contributed by atoms with Crippen LogP contribution in [0.5, 0.6) is 0 Å². The predicted octanol–water partition coefficient (Wildman–Crippen LogP) is 1.42. The number of aromatic nitrogens is 9. The first-order valence-electron chi connectivity index (χ1n) is 7.34. The van der Waals surface area contributed by atoms with Crippen LogP contribution in [0.1, 0.15) is 0 Å². The molecule has 5 rings (SSSR count). The van der Waals surface area contributed by atoms with E-state index in [0.717, 1.165) is 0 Å². The lowest BCUT2D eigenvalue weighted by Crippen LogP contribution is -1.99. The molecule has 5 aromatic heterocycles. The van der Waals surface area contributed by atoms with Gasteiger partial charge in [0.25, 0.3) is 5.89 Å². The van der Waals surface area contributed by atoms with Gasteiger partial charge in [0.15, 0.2) is 11.5 Å². The molecule has 0 aliphatic carbocycles. The van der Waals surface area contributed by atoms with Crippen molar-refractivity contribution in [1.29, 1.82) is 0 Å². The molecule has 0 radical (unpaired) electrons. The molecule has 0 atom stereocenters. The lowest BCUT2D eigenvalue weighted by Gasteiger charge is -2.00. The number of hydrogen-bond acceptors (Lipinski definition) is 8. The summed E-state index contributed by atoms with van der Waals surface area (Å²) in [5.74, 6) is 1.31. The van der Waals surface area contributed by atoms with Crippen molar-refractivity contribution in [1.82, 2.24) is 44.5 Å². The van der Waals surface area contributed by atoms with E-state index in [-0.39, 0.29) is 0 Å². The van der Waals surface area contributed by atoms with E-state index in [1.165, 1.54) is 6.33 Å². The van der Waals surface area contributed by atoms with E-state index in [9.17, 15) is 0 Å². The number of pyridine rings is 1. The minimum absolute atomic E-state index is 0.300. The van der Waals surface area contributed by atoms with Gasteiger partial charge in [-0.3, -0.25) is 0 Å². The Labute approximate surface area is 139 Å². The Morgan fingerprint density at radius 3 is 2.88 bits per heavy atom. The van der Waals surface area contributed by atoms with Gasteiger partial charge in [0, 0.05) is 12.3 Å². The van der Waals surface area contributed by atoms with E-state index in [2.05, 4.69) is 35.3 Å². The minimum atomic E-state index is 0.300. The zero-order valence-corrected chi connectivity index (χ0v) is 12.6. The Balaban J connectivity index is 1.57. The first-order chi connectivity index (χ1) is 12.4. The topological polar surface area (TPSA) is 113 Å². The normalized spacial score (nSPS) is 11.2. The van der Waals surface area contributed by atoms with Gasteiger partial charge in [-0.2, -0.15) is 15.2 Å². The summed E-state index contributed by atoms with van der Waals surface area (Å²) in [5, 5.41) is 12.3. The fourth-order valence-corrected chi connectivity index (χ4v) is 2.43. The molecule has 5 heterocycles. The lowest BCUT2D eigenvalue weighted by atomic mass is 10.3. The van der Waals surface area contributed by atoms with Gasteiger partial charge in [-0.15, -0.1) is 0 Å². The molecule has 5 aromatic rings. The van der Waals surface area contributed by atoms with Crippen LogP contribution in [-0.4, -0.2) is 44.5 Å². The van der Waals surface area contributed by atoms with Crippen LogP contribution < -0.4 is 0 Å². The molecule has 10 heteroatoms. The molecule has 0 fully saturated rings. The van der Waals surface area contributed by atoms with Gasteiger partial charge in [-0.1, -0.05) is 11.2 Å². The Kier molecular flexibility index (Phi) is 2.86. The Hall–Kier alpha value is -3.95. The van der Waals surface area contributed by atoms with Crippen LogP contribution in [0.25, 0.3) is 34.6 Å². The van der Waals surface area contributed by atoms with Gasteiger partial charge in [-0.25, -0.2) is 24.1 Å². The Bertz CT molecular complexity index is 1160. The smallest absolute Gasteiger partial charge is 0.276 e. The van der Waals surface area contributed by atoms with Crippen molar-refractivity contribution in [2.24, 2.45) is 0 Å². The van der Waals surface area contributed by atoms with Crippen LogP contribution in [-0.2, 0) is 0 Å². The highest BCUT2D eigenvalue weighted by molar-refractivity contribution is 5.57. The molecule has 10 nitrogen and oxygen atoms in total. The lowest BCUT2D eigenvalue weighted by molar-refractivity contribution is 0.430. The highest BCUT2D eigenvalue weighted by Crippen LogP contribution is 2.21. The molecule has 0 saturated carbocycles. The molecule has 0 bridgehead atoms. The van der Waals surface area contributed by atoms with Crippen molar-refractivity contribution in [2.75, 3.05) is 0 Å². The van der Waals surface area contributed by atoms with Crippen LogP contribution in [0.15, 0.2) is 59.9 Å². The first-order valence-corrected chi connectivity index (χ1v) is 7.34. The van der Waals surface area contributed by atoms with Crippen LogP contribution >= 0.6 is 0 Å². The van der Waals surface area contributed by atoms with Crippen molar-refractivity contribution >= 4 is 5.65 Å². The van der Waals surface area contributed by atoms with Gasteiger partial charge in [0.1, 0.15) is 24.0 Å². The third kappa shape index (κ3) is 2.24. The second kappa shape index (κ2) is 5.30. The third-order valence-electron chi connectivity index (χ3n) is 3.55. The third-order valence-corrected chi connectivity index (χ3v) is 3.55. The molecule has 0 amide bonds. The number of fused-ring (bicyclic) bond motifs is 1. The summed E-state index contributed by atoms with van der Waals surface area (Å²) in [7, 11) is 0. The van der Waals surface area contributed by atoms with Gasteiger partial charge >= 0.3 is 0 Å². The second-order valence-corrected chi connectivity index (χ2v) is 5.08. The summed E-state index contributed by atoms with van der Waals surface area (Å²) in [5.41, 5.74) is 1.92. The van der Waals surface area contributed by atoms with Gasteiger partial charge in [0.2, 0.25) is 5.82 Å². The maximum atomic E-state index is 5.37. The van der Waals surface area contributed by atoms with Crippen LogP contribution in [0.3, 0.4) is 0 Å². The molecule has 120 valence electrons. The molecule has 0 spiro atoms. The summed E-state index contributed by atoms with van der Waals surface area (Å²) >= 11 is 0. The average Bonchev–Trinajstić information content (AvgIpc) is 3.42. The van der Waals surface area contributed by atoms with Crippen LogP contribution in [0, 0.1) is 0 Å². The molecule has 0 N–H and O–H groups in total. The van der Waals surface area contributed by atoms with Crippen molar-refractivity contribution < 1.29 is 4.52 Å². The largest absolute Gasteiger partial charge is 0.332 e. The van der Waals surface area contributed by atoms with Crippen molar-refractivity contribution in [3.8, 4) is 28.9 Å². The quantitative estimate of drug-likeness (QED) is 0.488. The van der Waals surface area contributed by atoms with Crippen LogP contribution in [0.4, 0.5) is 0 Å². The van der Waals surface area contributed by atoms with E-state index < -0.39 is 0 Å².